The van der Waals surface area contributed by atoms with Crippen molar-refractivity contribution in [3.63, 3.8) is 0 Å². The third-order valence-electron chi connectivity index (χ3n) is 3.94. The Bertz CT molecular complexity index is 747. The van der Waals surface area contributed by atoms with E-state index in [0.29, 0.717) is 13.0 Å². The number of nitrogens with one attached hydrogen (secondary N) is 1. The minimum Gasteiger partial charge on any atom is -0.371 e. The summed E-state index contributed by atoms with van der Waals surface area (Å²) in [7, 11) is 1.84. The minimum absolute atomic E-state index is 0.0250. The van der Waals surface area contributed by atoms with Gasteiger partial charge in [-0.25, -0.2) is 4.39 Å². The lowest BCUT2D eigenvalue weighted by Crippen LogP contribution is -2.37. The molecule has 0 spiro atoms. The van der Waals surface area contributed by atoms with Crippen molar-refractivity contribution in [1.82, 2.24) is 15.1 Å². The van der Waals surface area contributed by atoms with Crippen LogP contribution in [0.4, 0.5) is 4.39 Å². The van der Waals surface area contributed by atoms with Gasteiger partial charge in [0.2, 0.25) is 0 Å². The van der Waals surface area contributed by atoms with Crippen LogP contribution in [0.5, 0.6) is 0 Å². The van der Waals surface area contributed by atoms with Crippen LogP contribution in [0.3, 0.4) is 0 Å². The molecule has 2 atom stereocenters. The van der Waals surface area contributed by atoms with E-state index in [2.05, 4.69) is 10.4 Å². The highest BCUT2D eigenvalue weighted by Crippen LogP contribution is 2.31. The quantitative estimate of drug-likeness (QED) is 0.937. The van der Waals surface area contributed by atoms with Gasteiger partial charge in [0.25, 0.3) is 5.91 Å². The van der Waals surface area contributed by atoms with Crippen molar-refractivity contribution in [3.05, 3.63) is 52.1 Å². The maximum atomic E-state index is 13.9. The van der Waals surface area contributed by atoms with Crippen LogP contribution in [0.25, 0.3) is 0 Å². The van der Waals surface area contributed by atoms with Crippen molar-refractivity contribution in [2.75, 3.05) is 6.61 Å². The van der Waals surface area contributed by atoms with Crippen LogP contribution in [0.1, 0.15) is 34.1 Å². The van der Waals surface area contributed by atoms with Gasteiger partial charge in [-0.2, -0.15) is 5.10 Å². The first-order chi connectivity index (χ1) is 11.0. The molecular formula is C16H17ClFN3O2. The van der Waals surface area contributed by atoms with Crippen molar-refractivity contribution in [1.29, 1.82) is 0 Å². The fourth-order valence-electron chi connectivity index (χ4n) is 2.86. The molecule has 1 fully saturated rings. The Hall–Kier alpha value is -1.92. The van der Waals surface area contributed by atoms with E-state index in [-0.39, 0.29) is 22.7 Å². The third kappa shape index (κ3) is 3.23. The van der Waals surface area contributed by atoms with E-state index >= 15 is 0 Å². The van der Waals surface area contributed by atoms with Crippen LogP contribution in [0, 0.1) is 12.7 Å². The van der Waals surface area contributed by atoms with E-state index in [4.69, 9.17) is 16.3 Å². The summed E-state index contributed by atoms with van der Waals surface area (Å²) < 4.78 is 21.3. The lowest BCUT2D eigenvalue weighted by Gasteiger charge is -2.19. The Morgan fingerprint density at radius 2 is 2.30 bits per heavy atom. The number of aryl methyl sites for hydroxylation is 2. The zero-order valence-corrected chi connectivity index (χ0v) is 13.6. The van der Waals surface area contributed by atoms with Gasteiger partial charge in [-0.05, 0) is 31.5 Å². The Balaban J connectivity index is 1.78. The van der Waals surface area contributed by atoms with Gasteiger partial charge in [0, 0.05) is 30.4 Å². The highest BCUT2D eigenvalue weighted by Gasteiger charge is 2.33. The van der Waals surface area contributed by atoms with Crippen LogP contribution in [0.15, 0.2) is 24.4 Å². The molecule has 5 nitrogen and oxygen atoms in total. The number of hydrogen-bond donors (Lipinski definition) is 1. The second-order valence-corrected chi connectivity index (χ2v) is 6.06. The van der Waals surface area contributed by atoms with E-state index < -0.39 is 11.7 Å². The topological polar surface area (TPSA) is 56.1 Å². The average Bonchev–Trinajstić information content (AvgIpc) is 3.04. The van der Waals surface area contributed by atoms with Crippen LogP contribution in [-0.2, 0) is 11.8 Å². The zero-order valence-electron chi connectivity index (χ0n) is 12.8. The first-order valence-corrected chi connectivity index (χ1v) is 7.71. The molecule has 0 saturated carbocycles. The molecule has 7 heteroatoms. The molecule has 1 aromatic carbocycles. The molecule has 122 valence electrons. The van der Waals surface area contributed by atoms with Crippen LogP contribution < -0.4 is 5.32 Å². The number of hydrogen-bond acceptors (Lipinski definition) is 3. The molecule has 0 unspecified atom stereocenters. The number of carbonyl (C=O) groups is 1. The monoisotopic (exact) mass is 337 g/mol. The molecule has 2 aromatic rings. The van der Waals surface area contributed by atoms with Crippen LogP contribution in [-0.4, -0.2) is 28.3 Å². The minimum atomic E-state index is -0.636. The number of rotatable bonds is 3. The summed E-state index contributed by atoms with van der Waals surface area (Å²) in [6.07, 6.45) is 2.27. The van der Waals surface area contributed by atoms with Gasteiger partial charge in [0.05, 0.1) is 17.3 Å². The molecule has 0 aliphatic carbocycles. The van der Waals surface area contributed by atoms with Crippen LogP contribution in [0.2, 0.25) is 5.02 Å². The van der Waals surface area contributed by atoms with Crippen molar-refractivity contribution in [2.45, 2.75) is 25.5 Å². The van der Waals surface area contributed by atoms with Crippen molar-refractivity contribution in [2.24, 2.45) is 7.05 Å². The highest BCUT2D eigenvalue weighted by atomic mass is 35.5. The third-order valence-corrected chi connectivity index (χ3v) is 4.18. The van der Waals surface area contributed by atoms with E-state index in [1.165, 1.54) is 12.1 Å². The fraction of sp³-hybridized carbons (Fsp3) is 0.375. The maximum Gasteiger partial charge on any atom is 0.254 e. The normalized spacial score (nSPS) is 20.7. The lowest BCUT2D eigenvalue weighted by molar-refractivity contribution is 0.0816. The summed E-state index contributed by atoms with van der Waals surface area (Å²) in [6.45, 7) is 2.43. The van der Waals surface area contributed by atoms with E-state index in [1.54, 1.807) is 4.68 Å². The van der Waals surface area contributed by atoms with Crippen molar-refractivity contribution >= 4 is 17.5 Å². The summed E-state index contributed by atoms with van der Waals surface area (Å²) >= 11 is 5.71. The van der Waals surface area contributed by atoms with Gasteiger partial charge in [0.1, 0.15) is 11.9 Å². The fourth-order valence-corrected chi connectivity index (χ4v) is 3.02. The SMILES string of the molecule is Cc1nn(C)cc1[C@H]1OCC[C@@H]1NC(=O)c1ccc(Cl)cc1F. The summed E-state index contributed by atoms with van der Waals surface area (Å²) in [4.78, 5) is 12.3. The Labute approximate surface area is 138 Å². The first-order valence-electron chi connectivity index (χ1n) is 7.33. The second kappa shape index (κ2) is 6.29. The molecule has 1 aromatic heterocycles. The Morgan fingerprint density at radius 1 is 1.52 bits per heavy atom. The number of amides is 1. The Kier molecular flexibility index (Phi) is 4.37. The van der Waals surface area contributed by atoms with Gasteiger partial charge in [0.15, 0.2) is 0 Å². The second-order valence-electron chi connectivity index (χ2n) is 5.63. The molecule has 1 aliphatic rings. The summed E-state index contributed by atoms with van der Waals surface area (Å²) in [6, 6.07) is 3.78. The van der Waals surface area contributed by atoms with Gasteiger partial charge >= 0.3 is 0 Å². The molecule has 1 N–H and O–H groups in total. The number of nitrogens with zero attached hydrogens (tertiary/aromatic N) is 2. The molecule has 23 heavy (non-hydrogen) atoms. The van der Waals surface area contributed by atoms with Gasteiger partial charge in [-0.15, -0.1) is 0 Å². The molecule has 2 heterocycles. The van der Waals surface area contributed by atoms with Gasteiger partial charge < -0.3 is 10.1 Å². The molecule has 0 radical (unpaired) electrons. The summed E-state index contributed by atoms with van der Waals surface area (Å²) in [5.74, 6) is -1.11. The molecule has 1 amide bonds. The summed E-state index contributed by atoms with van der Waals surface area (Å²) in [5, 5.41) is 7.41. The smallest absolute Gasteiger partial charge is 0.254 e. The van der Waals surface area contributed by atoms with Gasteiger partial charge in [-0.1, -0.05) is 11.6 Å². The molecule has 3 rings (SSSR count). The summed E-state index contributed by atoms with van der Waals surface area (Å²) in [5.41, 5.74) is 1.77. The Morgan fingerprint density at radius 3 is 2.96 bits per heavy atom. The standard InChI is InChI=1S/C16H17ClFN3O2/c1-9-12(8-21(2)20-9)15-14(5-6-23-15)19-16(22)11-4-3-10(17)7-13(11)18/h3-4,7-8,14-15H,5-6H2,1-2H3,(H,19,22)/t14-,15+/m0/s1. The predicted octanol–water partition coefficient (Wildman–Crippen LogP) is 2.78. The average molecular weight is 338 g/mol. The predicted molar refractivity (Wildman–Crippen MR) is 83.9 cm³/mol. The maximum absolute atomic E-state index is 13.9. The number of halogens is 2. The number of aromatic nitrogens is 2. The molecule has 1 aliphatic heterocycles. The molecule has 1 saturated heterocycles. The number of ether oxygens (including phenoxy) is 1. The lowest BCUT2D eigenvalue weighted by atomic mass is 10.0. The van der Waals surface area contributed by atoms with Crippen LogP contribution >= 0.6 is 11.6 Å². The zero-order chi connectivity index (χ0) is 16.6. The first kappa shape index (κ1) is 16.0. The number of carbonyl (C=O) groups excluding carboxylic acids is 1. The van der Waals surface area contributed by atoms with E-state index in [9.17, 15) is 9.18 Å². The number of benzene rings is 1. The molecule has 0 bridgehead atoms. The van der Waals surface area contributed by atoms with E-state index in [1.807, 2.05) is 20.2 Å². The van der Waals surface area contributed by atoms with E-state index in [0.717, 1.165) is 17.3 Å². The largest absolute Gasteiger partial charge is 0.371 e. The highest BCUT2D eigenvalue weighted by molar-refractivity contribution is 6.30. The van der Waals surface area contributed by atoms with Crippen molar-refractivity contribution < 1.29 is 13.9 Å². The van der Waals surface area contributed by atoms with Gasteiger partial charge in [-0.3, -0.25) is 9.48 Å². The molecular weight excluding hydrogens is 321 g/mol. The van der Waals surface area contributed by atoms with Crippen molar-refractivity contribution in [3.8, 4) is 0 Å².